The molecule has 6 nitrogen and oxygen atoms in total. The second-order valence-corrected chi connectivity index (χ2v) is 7.15. The Hall–Kier alpha value is -3.15. The van der Waals surface area contributed by atoms with Gasteiger partial charge in [0.2, 0.25) is 0 Å². The van der Waals surface area contributed by atoms with Crippen LogP contribution in [0.3, 0.4) is 0 Å². The number of fused-ring (bicyclic) bond motifs is 1. The van der Waals surface area contributed by atoms with Crippen LogP contribution in [0.4, 0.5) is 0 Å². The predicted octanol–water partition coefficient (Wildman–Crippen LogP) is 3.39. The van der Waals surface area contributed by atoms with Crippen LogP contribution in [0, 0.1) is 0 Å². The van der Waals surface area contributed by atoms with E-state index in [1.165, 1.54) is 12.5 Å². The zero-order valence-corrected chi connectivity index (χ0v) is 16.6. The Bertz CT molecular complexity index is 890. The minimum absolute atomic E-state index is 0.0450. The lowest BCUT2D eigenvalue weighted by Gasteiger charge is -2.27. The summed E-state index contributed by atoms with van der Waals surface area (Å²) in [6.45, 7) is 2.71. The molecule has 6 heteroatoms. The zero-order valence-electron chi connectivity index (χ0n) is 16.6. The van der Waals surface area contributed by atoms with Gasteiger partial charge in [-0.15, -0.1) is 0 Å². The van der Waals surface area contributed by atoms with E-state index in [9.17, 15) is 14.4 Å². The van der Waals surface area contributed by atoms with Crippen molar-refractivity contribution in [1.82, 2.24) is 5.32 Å². The van der Waals surface area contributed by atoms with Gasteiger partial charge in [0.1, 0.15) is 5.75 Å². The van der Waals surface area contributed by atoms with Gasteiger partial charge < -0.3 is 14.8 Å². The van der Waals surface area contributed by atoms with Crippen molar-refractivity contribution in [2.24, 2.45) is 0 Å². The first-order chi connectivity index (χ1) is 13.9. The zero-order chi connectivity index (χ0) is 20.8. The van der Waals surface area contributed by atoms with Crippen molar-refractivity contribution in [2.45, 2.75) is 45.3 Å². The first-order valence-electron chi connectivity index (χ1n) is 9.75. The van der Waals surface area contributed by atoms with Gasteiger partial charge >= 0.3 is 5.97 Å². The molecular formula is C23H25NO5. The highest BCUT2D eigenvalue weighted by Crippen LogP contribution is 2.29. The largest absolute Gasteiger partial charge is 0.482 e. The summed E-state index contributed by atoms with van der Waals surface area (Å²) in [4.78, 5) is 35.8. The average Bonchev–Trinajstić information content (AvgIpc) is 2.72. The van der Waals surface area contributed by atoms with Crippen molar-refractivity contribution in [3.05, 3.63) is 65.2 Å². The standard InChI is InChI=1S/C23H25NO5/c1-15(25)17-10-12-19(13-11-17)28-14-22(26)29-16(2)23(27)24-21-9-5-7-18-6-3-4-8-20(18)21/h3-4,6,8,10-13,16,21H,5,7,9,14H2,1-2H3,(H,24,27)/t16-,21+/m0/s1. The number of aryl methyl sites for hydroxylation is 1. The van der Waals surface area contributed by atoms with Crippen LogP contribution in [0.1, 0.15) is 54.2 Å². The van der Waals surface area contributed by atoms with Crippen LogP contribution in [-0.2, 0) is 20.7 Å². The third kappa shape index (κ3) is 5.44. The molecule has 0 aliphatic heterocycles. The molecule has 0 unspecified atom stereocenters. The summed E-state index contributed by atoms with van der Waals surface area (Å²) in [5.41, 5.74) is 2.94. The van der Waals surface area contributed by atoms with Gasteiger partial charge in [-0.2, -0.15) is 0 Å². The maximum absolute atomic E-state index is 12.5. The van der Waals surface area contributed by atoms with Gasteiger partial charge in [0.05, 0.1) is 6.04 Å². The minimum Gasteiger partial charge on any atom is -0.482 e. The molecule has 0 spiro atoms. The van der Waals surface area contributed by atoms with E-state index in [1.807, 2.05) is 18.2 Å². The molecule has 152 valence electrons. The SMILES string of the molecule is CC(=O)c1ccc(OCC(=O)O[C@@H](C)C(=O)N[C@@H]2CCCc3ccccc32)cc1. The summed E-state index contributed by atoms with van der Waals surface area (Å²) in [5, 5.41) is 2.98. The number of ketones is 1. The molecule has 2 atom stereocenters. The Morgan fingerprint density at radius 2 is 1.83 bits per heavy atom. The highest BCUT2D eigenvalue weighted by molar-refractivity contribution is 5.94. The van der Waals surface area contributed by atoms with E-state index in [4.69, 9.17) is 9.47 Å². The van der Waals surface area contributed by atoms with Crippen LogP contribution < -0.4 is 10.1 Å². The minimum atomic E-state index is -0.916. The number of benzene rings is 2. The first kappa shape index (κ1) is 20.6. The van der Waals surface area contributed by atoms with Gasteiger partial charge in [0.15, 0.2) is 18.5 Å². The van der Waals surface area contributed by atoms with Crippen LogP contribution >= 0.6 is 0 Å². The molecule has 1 N–H and O–H groups in total. The maximum Gasteiger partial charge on any atom is 0.344 e. The fraction of sp³-hybridized carbons (Fsp3) is 0.348. The monoisotopic (exact) mass is 395 g/mol. The molecule has 0 fully saturated rings. The van der Waals surface area contributed by atoms with Gasteiger partial charge in [-0.05, 0) is 68.5 Å². The van der Waals surface area contributed by atoms with E-state index in [1.54, 1.807) is 31.2 Å². The van der Waals surface area contributed by atoms with Gasteiger partial charge in [-0.3, -0.25) is 9.59 Å². The quantitative estimate of drug-likeness (QED) is 0.574. The smallest absolute Gasteiger partial charge is 0.344 e. The number of carbonyl (C=O) groups is 3. The lowest BCUT2D eigenvalue weighted by molar-refractivity contribution is -0.156. The van der Waals surface area contributed by atoms with Crippen LogP contribution in [0.15, 0.2) is 48.5 Å². The Morgan fingerprint density at radius 3 is 2.55 bits per heavy atom. The number of rotatable bonds is 7. The maximum atomic E-state index is 12.5. The van der Waals surface area contributed by atoms with Crippen LogP contribution in [-0.4, -0.2) is 30.4 Å². The Labute approximate surface area is 170 Å². The molecule has 0 saturated heterocycles. The van der Waals surface area contributed by atoms with Crippen molar-refractivity contribution < 1.29 is 23.9 Å². The van der Waals surface area contributed by atoms with Crippen molar-refractivity contribution in [1.29, 1.82) is 0 Å². The number of carbonyl (C=O) groups excluding carboxylic acids is 3. The normalized spacial score (nSPS) is 16.3. The number of hydrogen-bond donors (Lipinski definition) is 1. The van der Waals surface area contributed by atoms with E-state index >= 15 is 0 Å². The number of nitrogens with one attached hydrogen (secondary N) is 1. The summed E-state index contributed by atoms with van der Waals surface area (Å²) in [6.07, 6.45) is 1.97. The number of esters is 1. The molecular weight excluding hydrogens is 370 g/mol. The Morgan fingerprint density at radius 1 is 1.10 bits per heavy atom. The summed E-state index contributed by atoms with van der Waals surface area (Å²) < 4.78 is 10.6. The summed E-state index contributed by atoms with van der Waals surface area (Å²) in [6, 6.07) is 14.5. The summed E-state index contributed by atoms with van der Waals surface area (Å²) >= 11 is 0. The highest BCUT2D eigenvalue weighted by atomic mass is 16.6. The molecule has 1 aliphatic carbocycles. The van der Waals surface area contributed by atoms with E-state index in [2.05, 4.69) is 11.4 Å². The predicted molar refractivity (Wildman–Crippen MR) is 108 cm³/mol. The van der Waals surface area contributed by atoms with Gasteiger partial charge in [-0.25, -0.2) is 4.79 Å². The Balaban J connectivity index is 1.48. The van der Waals surface area contributed by atoms with E-state index in [-0.39, 0.29) is 24.3 Å². The lowest BCUT2D eigenvalue weighted by Crippen LogP contribution is -2.39. The number of Topliss-reactive ketones (excluding diaryl/α,β-unsaturated/α-hetero) is 1. The summed E-state index contributed by atoms with van der Waals surface area (Å²) in [7, 11) is 0. The molecule has 0 radical (unpaired) electrons. The van der Waals surface area contributed by atoms with Gasteiger partial charge in [0, 0.05) is 5.56 Å². The number of amides is 1. The molecule has 3 rings (SSSR count). The van der Waals surface area contributed by atoms with E-state index in [0.29, 0.717) is 11.3 Å². The highest BCUT2D eigenvalue weighted by Gasteiger charge is 2.25. The first-order valence-corrected chi connectivity index (χ1v) is 9.75. The topological polar surface area (TPSA) is 81.7 Å². The molecule has 2 aromatic carbocycles. The Kier molecular flexibility index (Phi) is 6.65. The molecule has 0 heterocycles. The molecule has 2 aromatic rings. The lowest BCUT2D eigenvalue weighted by atomic mass is 9.87. The number of ether oxygens (including phenoxy) is 2. The second-order valence-electron chi connectivity index (χ2n) is 7.15. The molecule has 0 bridgehead atoms. The van der Waals surface area contributed by atoms with E-state index in [0.717, 1.165) is 24.8 Å². The second kappa shape index (κ2) is 9.37. The fourth-order valence-electron chi connectivity index (χ4n) is 3.41. The molecule has 0 aromatic heterocycles. The van der Waals surface area contributed by atoms with Gasteiger partial charge in [0.25, 0.3) is 5.91 Å². The fourth-order valence-corrected chi connectivity index (χ4v) is 3.41. The molecule has 0 saturated carbocycles. The molecule has 1 amide bonds. The van der Waals surface area contributed by atoms with Crippen molar-refractivity contribution >= 4 is 17.7 Å². The van der Waals surface area contributed by atoms with Crippen LogP contribution in [0.2, 0.25) is 0 Å². The average molecular weight is 395 g/mol. The van der Waals surface area contributed by atoms with Crippen LogP contribution in [0.25, 0.3) is 0 Å². The van der Waals surface area contributed by atoms with Crippen molar-refractivity contribution in [2.75, 3.05) is 6.61 Å². The van der Waals surface area contributed by atoms with E-state index < -0.39 is 12.1 Å². The molecule has 29 heavy (non-hydrogen) atoms. The molecule has 1 aliphatic rings. The van der Waals surface area contributed by atoms with Crippen LogP contribution in [0.5, 0.6) is 5.75 Å². The third-order valence-corrected chi connectivity index (χ3v) is 4.98. The van der Waals surface area contributed by atoms with Crippen molar-refractivity contribution in [3.63, 3.8) is 0 Å². The number of hydrogen-bond acceptors (Lipinski definition) is 5. The van der Waals surface area contributed by atoms with Gasteiger partial charge in [-0.1, -0.05) is 24.3 Å². The third-order valence-electron chi connectivity index (χ3n) is 4.98. The summed E-state index contributed by atoms with van der Waals surface area (Å²) in [5.74, 6) is -0.558. The van der Waals surface area contributed by atoms with Crippen molar-refractivity contribution in [3.8, 4) is 5.75 Å².